The molecular formula is C31H28ClFN6O4. The van der Waals surface area contributed by atoms with Crippen molar-refractivity contribution in [3.8, 4) is 22.7 Å². The van der Waals surface area contributed by atoms with E-state index in [9.17, 15) is 14.4 Å². The summed E-state index contributed by atoms with van der Waals surface area (Å²) in [5.41, 5.74) is 6.30. The van der Waals surface area contributed by atoms with E-state index in [1.54, 1.807) is 29.2 Å². The number of ether oxygens (including phenoxy) is 1. The number of carbonyl (C=O) groups is 2. The van der Waals surface area contributed by atoms with Crippen molar-refractivity contribution in [2.45, 2.75) is 25.8 Å². The molecule has 2 N–H and O–H groups in total. The number of anilines is 1. The molecule has 43 heavy (non-hydrogen) atoms. The van der Waals surface area contributed by atoms with Gasteiger partial charge in [-0.1, -0.05) is 56.3 Å². The number of hydrogen-bond acceptors (Lipinski definition) is 7. The Kier molecular flexibility index (Phi) is 7.13. The number of benzene rings is 2. The molecule has 1 fully saturated rings. The van der Waals surface area contributed by atoms with Crippen molar-refractivity contribution in [1.82, 2.24) is 19.4 Å². The predicted octanol–water partition coefficient (Wildman–Crippen LogP) is 4.06. The highest BCUT2D eigenvalue weighted by molar-refractivity contribution is 6.36. The van der Waals surface area contributed by atoms with E-state index in [-0.39, 0.29) is 69.2 Å². The molecule has 0 unspecified atom stereocenters. The third kappa shape index (κ3) is 4.60. The molecule has 12 heteroatoms. The number of primary amides is 1. The van der Waals surface area contributed by atoms with Gasteiger partial charge in [-0.05, 0) is 35.8 Å². The van der Waals surface area contributed by atoms with Gasteiger partial charge in [0.25, 0.3) is 5.91 Å². The summed E-state index contributed by atoms with van der Waals surface area (Å²) in [6, 6.07) is 10.7. The van der Waals surface area contributed by atoms with Crippen LogP contribution in [0.25, 0.3) is 28.0 Å². The fourth-order valence-electron chi connectivity index (χ4n) is 5.82. The Balaban J connectivity index is 1.72. The molecular weight excluding hydrogens is 575 g/mol. The van der Waals surface area contributed by atoms with Crippen LogP contribution in [0, 0.1) is 5.82 Å². The Morgan fingerprint density at radius 3 is 2.63 bits per heavy atom. The first-order chi connectivity index (χ1) is 20.6. The number of hydrogen-bond donors (Lipinski definition) is 1. The number of amides is 2. The van der Waals surface area contributed by atoms with Crippen LogP contribution in [0.15, 0.2) is 59.9 Å². The van der Waals surface area contributed by atoms with E-state index in [0.29, 0.717) is 30.6 Å². The van der Waals surface area contributed by atoms with Gasteiger partial charge in [-0.15, -0.1) is 0 Å². The number of aromatic nitrogens is 3. The maximum absolute atomic E-state index is 15.2. The van der Waals surface area contributed by atoms with Crippen molar-refractivity contribution in [3.63, 3.8) is 0 Å². The molecule has 0 bridgehead atoms. The number of nitrogens with two attached hydrogens (primary N) is 1. The second-order valence-corrected chi connectivity index (χ2v) is 11.1. The van der Waals surface area contributed by atoms with Gasteiger partial charge >= 0.3 is 5.69 Å². The van der Waals surface area contributed by atoms with Crippen molar-refractivity contribution in [2.24, 2.45) is 5.73 Å². The monoisotopic (exact) mass is 602 g/mol. The molecule has 0 radical (unpaired) electrons. The Hall–Kier alpha value is -4.77. The Morgan fingerprint density at radius 1 is 1.16 bits per heavy atom. The highest BCUT2D eigenvalue weighted by atomic mass is 35.5. The first kappa shape index (κ1) is 28.4. The predicted molar refractivity (Wildman–Crippen MR) is 162 cm³/mol. The third-order valence-corrected chi connectivity index (χ3v) is 8.22. The number of carbonyl (C=O) groups excluding carboxylic acids is 2. The molecule has 0 saturated carbocycles. The standard InChI is InChI=1S/C31H28ClFN6O4/c1-4-22(40)37-12-13-38-17(14-37)15-43-27-23-29(38)36-31(42)39(26-18(16(2)3)9-7-10-20(26)28(34)41)30(23)35-25(24(27)32)19-8-5-6-11-21(19)33/h4-11,16-17H,1,12-15H2,2-3H3,(H2,34,41)/t17-/m1/s1. The van der Waals surface area contributed by atoms with Crippen molar-refractivity contribution in [3.05, 3.63) is 87.6 Å². The van der Waals surface area contributed by atoms with Crippen molar-refractivity contribution >= 4 is 40.3 Å². The highest BCUT2D eigenvalue weighted by Gasteiger charge is 2.37. The molecule has 220 valence electrons. The second kappa shape index (κ2) is 10.8. The first-order valence-electron chi connectivity index (χ1n) is 13.8. The van der Waals surface area contributed by atoms with Gasteiger partial charge in [0.05, 0.1) is 23.0 Å². The summed E-state index contributed by atoms with van der Waals surface area (Å²) in [7, 11) is 0. The number of rotatable bonds is 5. The normalized spacial score (nSPS) is 16.1. The fourth-order valence-corrected chi connectivity index (χ4v) is 6.11. The molecule has 2 aliphatic heterocycles. The lowest BCUT2D eigenvalue weighted by Crippen LogP contribution is -2.56. The maximum Gasteiger partial charge on any atom is 0.355 e. The number of pyridine rings is 1. The zero-order valence-electron chi connectivity index (χ0n) is 23.5. The third-order valence-electron chi connectivity index (χ3n) is 7.87. The minimum Gasteiger partial charge on any atom is -0.489 e. The van der Waals surface area contributed by atoms with Crippen LogP contribution in [0.3, 0.4) is 0 Å². The van der Waals surface area contributed by atoms with Crippen molar-refractivity contribution in [1.29, 1.82) is 0 Å². The summed E-state index contributed by atoms with van der Waals surface area (Å²) in [4.78, 5) is 52.1. The second-order valence-electron chi connectivity index (χ2n) is 10.7. The molecule has 2 aliphatic rings. The van der Waals surface area contributed by atoms with Crippen LogP contribution >= 0.6 is 11.6 Å². The molecule has 0 aliphatic carbocycles. The molecule has 1 saturated heterocycles. The maximum atomic E-state index is 15.2. The molecule has 1 atom stereocenters. The van der Waals surface area contributed by atoms with Gasteiger partial charge < -0.3 is 20.3 Å². The van der Waals surface area contributed by atoms with Crippen LogP contribution < -0.4 is 21.1 Å². The summed E-state index contributed by atoms with van der Waals surface area (Å²) in [6.45, 7) is 8.52. The number of nitrogens with zero attached hydrogens (tertiary/aromatic N) is 5. The molecule has 10 nitrogen and oxygen atoms in total. The molecule has 4 aromatic rings. The molecule has 6 rings (SSSR count). The zero-order chi connectivity index (χ0) is 30.6. The summed E-state index contributed by atoms with van der Waals surface area (Å²) < 4.78 is 22.7. The average molecular weight is 603 g/mol. The Labute approximate surface area is 251 Å². The lowest BCUT2D eigenvalue weighted by molar-refractivity contribution is -0.126. The topological polar surface area (TPSA) is 124 Å². The van der Waals surface area contributed by atoms with Gasteiger partial charge in [-0.2, -0.15) is 4.98 Å². The van der Waals surface area contributed by atoms with Crippen LogP contribution in [-0.2, 0) is 4.79 Å². The number of halogens is 2. The molecule has 0 spiro atoms. The molecule has 4 heterocycles. The number of fused-ring (bicyclic) bond motifs is 2. The Morgan fingerprint density at radius 2 is 1.93 bits per heavy atom. The van der Waals surface area contributed by atoms with E-state index in [1.807, 2.05) is 18.7 Å². The number of para-hydroxylation sites is 1. The van der Waals surface area contributed by atoms with Gasteiger partial charge in [0, 0.05) is 25.2 Å². The van der Waals surface area contributed by atoms with E-state index in [0.717, 1.165) is 0 Å². The minimum atomic E-state index is -0.742. The van der Waals surface area contributed by atoms with Crippen LogP contribution in [0.5, 0.6) is 5.75 Å². The van der Waals surface area contributed by atoms with Gasteiger partial charge in [0.1, 0.15) is 28.7 Å². The Bertz CT molecular complexity index is 1890. The molecule has 2 amide bonds. The molecule has 2 aromatic heterocycles. The molecule has 2 aromatic carbocycles. The SMILES string of the molecule is C=CC(=O)N1CCN2c3nc(=O)n(-c4c(C(N)=O)cccc4C(C)C)c4nc(-c5ccccc5F)c(Cl)c(c34)OC[C@H]2C1. The van der Waals surface area contributed by atoms with Crippen LogP contribution in [0.1, 0.15) is 35.7 Å². The van der Waals surface area contributed by atoms with E-state index in [2.05, 4.69) is 11.6 Å². The van der Waals surface area contributed by atoms with Crippen LogP contribution in [0.4, 0.5) is 10.2 Å². The van der Waals surface area contributed by atoms with E-state index in [4.69, 9.17) is 27.1 Å². The smallest absolute Gasteiger partial charge is 0.355 e. The summed E-state index contributed by atoms with van der Waals surface area (Å²) >= 11 is 6.93. The zero-order valence-corrected chi connectivity index (χ0v) is 24.3. The van der Waals surface area contributed by atoms with E-state index in [1.165, 1.54) is 28.8 Å². The quantitative estimate of drug-likeness (QED) is 0.342. The summed E-state index contributed by atoms with van der Waals surface area (Å²) in [5, 5.41) is 0.363. The van der Waals surface area contributed by atoms with Crippen molar-refractivity contribution < 1.29 is 18.7 Å². The average Bonchev–Trinajstić information content (AvgIpc) is 3.15. The van der Waals surface area contributed by atoms with Gasteiger partial charge in [-0.25, -0.2) is 18.7 Å². The fraction of sp³-hybridized carbons (Fsp3) is 0.258. The number of piperazine rings is 1. The first-order valence-corrected chi connectivity index (χ1v) is 14.1. The van der Waals surface area contributed by atoms with Gasteiger partial charge in [0.2, 0.25) is 5.91 Å². The minimum absolute atomic E-state index is 0.0389. The highest BCUT2D eigenvalue weighted by Crippen LogP contribution is 2.45. The van der Waals surface area contributed by atoms with E-state index < -0.39 is 17.4 Å². The summed E-state index contributed by atoms with van der Waals surface area (Å²) in [6.07, 6.45) is 1.25. The van der Waals surface area contributed by atoms with Crippen molar-refractivity contribution in [2.75, 3.05) is 31.1 Å². The lowest BCUT2D eigenvalue weighted by Gasteiger charge is -2.40. The van der Waals surface area contributed by atoms with Crippen LogP contribution in [-0.4, -0.2) is 63.5 Å². The largest absolute Gasteiger partial charge is 0.489 e. The lowest BCUT2D eigenvalue weighted by atomic mass is 9.97. The summed E-state index contributed by atoms with van der Waals surface area (Å²) in [5.74, 6) is -1.22. The van der Waals surface area contributed by atoms with E-state index >= 15 is 4.39 Å². The van der Waals surface area contributed by atoms with Gasteiger partial charge in [0.15, 0.2) is 11.4 Å². The van der Waals surface area contributed by atoms with Crippen LogP contribution in [0.2, 0.25) is 5.02 Å². The van der Waals surface area contributed by atoms with Gasteiger partial charge in [-0.3, -0.25) is 9.59 Å².